The second-order valence-electron chi connectivity index (χ2n) is 3.20. The lowest BCUT2D eigenvalue weighted by molar-refractivity contribution is 1.33. The van der Waals surface area contributed by atoms with Crippen LogP contribution in [0.15, 0.2) is 42.7 Å². The third kappa shape index (κ3) is 1.94. The molecule has 72 valence electrons. The summed E-state index contributed by atoms with van der Waals surface area (Å²) in [5, 5.41) is 8.66. The summed E-state index contributed by atoms with van der Waals surface area (Å²) >= 11 is 0. The topological polar surface area (TPSA) is 62.7 Å². The van der Waals surface area contributed by atoms with Crippen LogP contribution in [0.2, 0.25) is 0 Å². The van der Waals surface area contributed by atoms with Gasteiger partial charge < -0.3 is 5.73 Å². The van der Waals surface area contributed by atoms with E-state index in [2.05, 4.69) is 11.1 Å². The molecule has 2 aromatic rings. The van der Waals surface area contributed by atoms with E-state index in [-0.39, 0.29) is 0 Å². The van der Waals surface area contributed by atoms with Crippen molar-refractivity contribution in [2.24, 2.45) is 0 Å². The molecular formula is C12H9N3. The first-order chi connectivity index (χ1) is 7.29. The predicted molar refractivity (Wildman–Crippen MR) is 58.8 cm³/mol. The minimum absolute atomic E-state index is 0.636. The van der Waals surface area contributed by atoms with Gasteiger partial charge in [-0.15, -0.1) is 0 Å². The molecule has 1 heterocycles. The van der Waals surface area contributed by atoms with Crippen molar-refractivity contribution in [3.05, 3.63) is 48.3 Å². The van der Waals surface area contributed by atoms with Crippen LogP contribution in [0.4, 0.5) is 5.69 Å². The van der Waals surface area contributed by atoms with Crippen molar-refractivity contribution in [2.75, 3.05) is 5.73 Å². The minimum atomic E-state index is 0.636. The van der Waals surface area contributed by atoms with Gasteiger partial charge in [0.15, 0.2) is 0 Å². The lowest BCUT2D eigenvalue weighted by atomic mass is 10.1. The molecule has 1 aromatic carbocycles. The zero-order valence-electron chi connectivity index (χ0n) is 8.01. The van der Waals surface area contributed by atoms with E-state index in [4.69, 9.17) is 11.0 Å². The molecule has 0 aliphatic rings. The summed E-state index contributed by atoms with van der Waals surface area (Å²) in [6.45, 7) is 0. The van der Waals surface area contributed by atoms with Crippen molar-refractivity contribution < 1.29 is 0 Å². The zero-order valence-corrected chi connectivity index (χ0v) is 8.01. The minimum Gasteiger partial charge on any atom is -0.397 e. The quantitative estimate of drug-likeness (QED) is 0.758. The standard InChI is InChI=1S/C12H9N3/c13-6-9-1-3-10(4-2-9)11-5-12(14)8-15-7-11/h1-5,7-8H,14H2. The molecule has 3 heteroatoms. The number of hydrogen-bond donors (Lipinski definition) is 1. The number of rotatable bonds is 1. The number of nitrogens with two attached hydrogens (primary N) is 1. The second-order valence-corrected chi connectivity index (χ2v) is 3.20. The van der Waals surface area contributed by atoms with E-state index < -0.39 is 0 Å². The third-order valence-electron chi connectivity index (χ3n) is 2.11. The largest absolute Gasteiger partial charge is 0.397 e. The van der Waals surface area contributed by atoms with Crippen LogP contribution >= 0.6 is 0 Å². The number of pyridine rings is 1. The maximum absolute atomic E-state index is 8.66. The van der Waals surface area contributed by atoms with Crippen molar-refractivity contribution in [3.8, 4) is 17.2 Å². The summed E-state index contributed by atoms with van der Waals surface area (Å²) in [5.74, 6) is 0. The van der Waals surface area contributed by atoms with Gasteiger partial charge in [-0.25, -0.2) is 0 Å². The number of nitriles is 1. The van der Waals surface area contributed by atoms with Gasteiger partial charge in [0.05, 0.1) is 17.3 Å². The Kier molecular flexibility index (Phi) is 2.34. The molecule has 0 unspecified atom stereocenters. The van der Waals surface area contributed by atoms with Crippen molar-refractivity contribution >= 4 is 5.69 Å². The average Bonchev–Trinajstić information content (AvgIpc) is 2.29. The molecule has 0 aliphatic heterocycles. The summed E-state index contributed by atoms with van der Waals surface area (Å²) in [5.41, 5.74) is 8.89. The SMILES string of the molecule is N#Cc1ccc(-c2cncc(N)c2)cc1. The third-order valence-corrected chi connectivity index (χ3v) is 2.11. The Bertz CT molecular complexity index is 509. The molecule has 0 saturated heterocycles. The van der Waals surface area contributed by atoms with Gasteiger partial charge in [0.2, 0.25) is 0 Å². The summed E-state index contributed by atoms with van der Waals surface area (Å²) < 4.78 is 0. The van der Waals surface area contributed by atoms with Crippen LogP contribution in [0.25, 0.3) is 11.1 Å². The number of anilines is 1. The molecule has 0 amide bonds. The lowest BCUT2D eigenvalue weighted by Gasteiger charge is -2.01. The first-order valence-electron chi connectivity index (χ1n) is 4.50. The smallest absolute Gasteiger partial charge is 0.0991 e. The number of benzene rings is 1. The van der Waals surface area contributed by atoms with Gasteiger partial charge >= 0.3 is 0 Å². The molecule has 0 radical (unpaired) electrons. The molecular weight excluding hydrogens is 186 g/mol. The number of hydrogen-bond acceptors (Lipinski definition) is 3. The Morgan fingerprint density at radius 3 is 2.40 bits per heavy atom. The maximum atomic E-state index is 8.66. The Morgan fingerprint density at radius 2 is 1.80 bits per heavy atom. The Balaban J connectivity index is 2.42. The average molecular weight is 195 g/mol. The van der Waals surface area contributed by atoms with E-state index >= 15 is 0 Å². The lowest BCUT2D eigenvalue weighted by Crippen LogP contribution is -1.87. The van der Waals surface area contributed by atoms with Gasteiger partial charge in [-0.1, -0.05) is 12.1 Å². The van der Waals surface area contributed by atoms with Gasteiger partial charge in [0.25, 0.3) is 0 Å². The van der Waals surface area contributed by atoms with Crippen molar-refractivity contribution in [1.82, 2.24) is 4.98 Å². The van der Waals surface area contributed by atoms with E-state index in [1.807, 2.05) is 18.2 Å². The first-order valence-corrected chi connectivity index (χ1v) is 4.50. The fraction of sp³-hybridized carbons (Fsp3) is 0. The Morgan fingerprint density at radius 1 is 1.07 bits per heavy atom. The summed E-state index contributed by atoms with van der Waals surface area (Å²) in [4.78, 5) is 4.01. The predicted octanol–water partition coefficient (Wildman–Crippen LogP) is 2.20. The van der Waals surface area contributed by atoms with Crippen LogP contribution in [0, 0.1) is 11.3 Å². The van der Waals surface area contributed by atoms with Crippen LogP contribution < -0.4 is 5.73 Å². The molecule has 0 saturated carbocycles. The summed E-state index contributed by atoms with van der Waals surface area (Å²) in [6.07, 6.45) is 3.35. The van der Waals surface area contributed by atoms with E-state index in [1.165, 1.54) is 0 Å². The van der Waals surface area contributed by atoms with Gasteiger partial charge in [-0.05, 0) is 23.8 Å². The Hall–Kier alpha value is -2.34. The van der Waals surface area contributed by atoms with E-state index in [1.54, 1.807) is 24.5 Å². The van der Waals surface area contributed by atoms with Gasteiger partial charge in [-0.3, -0.25) is 4.98 Å². The van der Waals surface area contributed by atoms with E-state index in [9.17, 15) is 0 Å². The highest BCUT2D eigenvalue weighted by Gasteiger charge is 1.98. The van der Waals surface area contributed by atoms with Gasteiger partial charge in [0, 0.05) is 18.0 Å². The van der Waals surface area contributed by atoms with Crippen molar-refractivity contribution in [2.45, 2.75) is 0 Å². The molecule has 2 rings (SSSR count). The van der Waals surface area contributed by atoms with Crippen LogP contribution in [-0.4, -0.2) is 4.98 Å². The molecule has 0 bridgehead atoms. The fourth-order valence-corrected chi connectivity index (χ4v) is 1.35. The van der Waals surface area contributed by atoms with Crippen LogP contribution in [0.1, 0.15) is 5.56 Å². The molecule has 3 nitrogen and oxygen atoms in total. The zero-order chi connectivity index (χ0) is 10.7. The van der Waals surface area contributed by atoms with Crippen LogP contribution in [0.3, 0.4) is 0 Å². The van der Waals surface area contributed by atoms with E-state index in [0.29, 0.717) is 11.3 Å². The normalized spacial score (nSPS) is 9.53. The van der Waals surface area contributed by atoms with Crippen LogP contribution in [-0.2, 0) is 0 Å². The first kappa shape index (κ1) is 9.22. The Labute approximate surface area is 87.8 Å². The summed E-state index contributed by atoms with van der Waals surface area (Å²) in [6, 6.07) is 11.3. The number of nitrogens with zero attached hydrogens (tertiary/aromatic N) is 2. The van der Waals surface area contributed by atoms with E-state index in [0.717, 1.165) is 11.1 Å². The highest BCUT2D eigenvalue weighted by atomic mass is 14.7. The molecule has 0 aliphatic carbocycles. The highest BCUT2D eigenvalue weighted by molar-refractivity contribution is 5.66. The van der Waals surface area contributed by atoms with Crippen LogP contribution in [0.5, 0.6) is 0 Å². The highest BCUT2D eigenvalue weighted by Crippen LogP contribution is 2.20. The molecule has 0 spiro atoms. The summed E-state index contributed by atoms with van der Waals surface area (Å²) in [7, 11) is 0. The van der Waals surface area contributed by atoms with Crippen molar-refractivity contribution in [1.29, 1.82) is 5.26 Å². The van der Waals surface area contributed by atoms with Gasteiger partial charge in [-0.2, -0.15) is 5.26 Å². The maximum Gasteiger partial charge on any atom is 0.0991 e. The second kappa shape index (κ2) is 3.81. The molecule has 2 N–H and O–H groups in total. The number of aromatic nitrogens is 1. The molecule has 0 atom stereocenters. The van der Waals surface area contributed by atoms with Crippen molar-refractivity contribution in [3.63, 3.8) is 0 Å². The molecule has 0 fully saturated rings. The monoisotopic (exact) mass is 195 g/mol. The molecule has 1 aromatic heterocycles. The van der Waals surface area contributed by atoms with Gasteiger partial charge in [0.1, 0.15) is 0 Å². The fourth-order valence-electron chi connectivity index (χ4n) is 1.35. The number of nitrogen functional groups attached to an aromatic ring is 1. The molecule has 15 heavy (non-hydrogen) atoms.